The van der Waals surface area contributed by atoms with Gasteiger partial charge in [-0.25, -0.2) is 0 Å². The van der Waals surface area contributed by atoms with Gasteiger partial charge in [0.2, 0.25) is 11.8 Å². The predicted molar refractivity (Wildman–Crippen MR) is 130 cm³/mol. The van der Waals surface area contributed by atoms with Gasteiger partial charge in [0.1, 0.15) is 0 Å². The van der Waals surface area contributed by atoms with Crippen molar-refractivity contribution in [2.24, 2.45) is 0 Å². The van der Waals surface area contributed by atoms with E-state index >= 15 is 0 Å². The highest BCUT2D eigenvalue weighted by atomic mass is 16.2. The van der Waals surface area contributed by atoms with Gasteiger partial charge < -0.3 is 15.6 Å². The van der Waals surface area contributed by atoms with Crippen LogP contribution in [-0.2, 0) is 15.0 Å². The lowest BCUT2D eigenvalue weighted by Gasteiger charge is -2.36. The number of para-hydroxylation sites is 1. The maximum Gasteiger partial charge on any atom is 0.232 e. The molecule has 5 heteroatoms. The van der Waals surface area contributed by atoms with Crippen molar-refractivity contribution in [3.8, 4) is 0 Å². The van der Waals surface area contributed by atoms with Crippen molar-refractivity contribution in [3.05, 3.63) is 108 Å². The van der Waals surface area contributed by atoms with Gasteiger partial charge in [0, 0.05) is 42.5 Å². The molecule has 4 aromatic rings. The van der Waals surface area contributed by atoms with Crippen LogP contribution in [0.1, 0.15) is 35.4 Å². The monoisotopic (exact) mass is 437 g/mol. The second-order valence-corrected chi connectivity index (χ2v) is 8.69. The summed E-state index contributed by atoms with van der Waals surface area (Å²) in [5, 5.41) is 7.33. The fourth-order valence-electron chi connectivity index (χ4n) is 4.92. The van der Waals surface area contributed by atoms with Crippen LogP contribution < -0.4 is 10.6 Å². The van der Waals surface area contributed by atoms with Gasteiger partial charge in [-0.05, 0) is 29.2 Å². The van der Waals surface area contributed by atoms with E-state index in [0.717, 1.165) is 27.6 Å². The number of piperidine rings is 1. The Hall–Kier alpha value is -3.86. The lowest BCUT2D eigenvalue weighted by molar-refractivity contribution is -0.131. The maximum absolute atomic E-state index is 13.7. The van der Waals surface area contributed by atoms with Gasteiger partial charge in [-0.1, -0.05) is 78.9 Å². The first-order valence-corrected chi connectivity index (χ1v) is 11.4. The third-order valence-corrected chi connectivity index (χ3v) is 6.79. The highest BCUT2D eigenvalue weighted by Crippen LogP contribution is 2.34. The Balaban J connectivity index is 1.46. The number of carbonyl (C=O) groups excluding carboxylic acids is 2. The van der Waals surface area contributed by atoms with Crippen molar-refractivity contribution >= 4 is 22.7 Å². The average Bonchev–Trinajstić information content (AvgIpc) is 3.30. The maximum atomic E-state index is 13.7. The molecule has 2 unspecified atom stereocenters. The first-order chi connectivity index (χ1) is 16.2. The number of rotatable bonds is 6. The molecule has 0 spiro atoms. The molecule has 3 N–H and O–H groups in total. The normalized spacial score (nSPS) is 19.1. The Morgan fingerprint density at radius 3 is 2.36 bits per heavy atom. The van der Waals surface area contributed by atoms with Crippen LogP contribution in [0.25, 0.3) is 10.9 Å². The predicted octanol–water partition coefficient (Wildman–Crippen LogP) is 4.26. The summed E-state index contributed by atoms with van der Waals surface area (Å²) in [6.45, 7) is 0.776. The number of hydrogen-bond donors (Lipinski definition) is 3. The van der Waals surface area contributed by atoms with Crippen LogP contribution in [0.3, 0.4) is 0 Å². The minimum absolute atomic E-state index is 0.00250. The number of H-pyrrole nitrogens is 1. The highest BCUT2D eigenvalue weighted by molar-refractivity contribution is 5.92. The van der Waals surface area contributed by atoms with E-state index in [4.69, 9.17) is 0 Å². The highest BCUT2D eigenvalue weighted by Gasteiger charge is 2.43. The number of aromatic nitrogens is 1. The zero-order chi connectivity index (χ0) is 22.7. The van der Waals surface area contributed by atoms with Gasteiger partial charge in [0.25, 0.3) is 0 Å². The van der Waals surface area contributed by atoms with E-state index in [1.165, 1.54) is 0 Å². The quantitative estimate of drug-likeness (QED) is 0.422. The van der Waals surface area contributed by atoms with Crippen molar-refractivity contribution in [1.82, 2.24) is 15.6 Å². The first-order valence-electron chi connectivity index (χ1n) is 11.4. The van der Waals surface area contributed by atoms with Crippen LogP contribution in [-0.4, -0.2) is 29.9 Å². The standard InChI is InChI=1S/C28H27N3O2/c32-26-15-16-28(19-31-26,21-11-5-2-6-12-21)27(33)30-17-23(20-9-3-1-4-10-20)24-18-29-25-14-8-7-13-22(24)25/h1-14,18,23,29H,15-17,19H2,(H,30,33)(H,31,32). The molecule has 1 aromatic heterocycles. The molecule has 1 aliphatic rings. The third kappa shape index (κ3) is 4.02. The molecule has 0 aliphatic carbocycles. The minimum atomic E-state index is -0.767. The Morgan fingerprint density at radius 2 is 1.64 bits per heavy atom. The lowest BCUT2D eigenvalue weighted by atomic mass is 9.73. The number of amides is 2. The summed E-state index contributed by atoms with van der Waals surface area (Å²) >= 11 is 0. The Kier molecular flexibility index (Phi) is 5.69. The Morgan fingerprint density at radius 1 is 0.939 bits per heavy atom. The van der Waals surface area contributed by atoms with E-state index in [0.29, 0.717) is 25.9 Å². The van der Waals surface area contributed by atoms with Crippen LogP contribution in [0.2, 0.25) is 0 Å². The van der Waals surface area contributed by atoms with Crippen molar-refractivity contribution in [3.63, 3.8) is 0 Å². The molecule has 5 nitrogen and oxygen atoms in total. The van der Waals surface area contributed by atoms with E-state index in [9.17, 15) is 9.59 Å². The molecule has 1 fully saturated rings. The molecule has 0 bridgehead atoms. The van der Waals surface area contributed by atoms with E-state index in [2.05, 4.69) is 39.9 Å². The molecular weight excluding hydrogens is 410 g/mol. The van der Waals surface area contributed by atoms with Crippen molar-refractivity contribution in [2.45, 2.75) is 24.2 Å². The van der Waals surface area contributed by atoms with Crippen LogP contribution in [0.15, 0.2) is 91.1 Å². The van der Waals surface area contributed by atoms with Crippen LogP contribution >= 0.6 is 0 Å². The van der Waals surface area contributed by atoms with Crippen molar-refractivity contribution in [1.29, 1.82) is 0 Å². The summed E-state index contributed by atoms with van der Waals surface area (Å²) in [5.74, 6) is -0.0536. The van der Waals surface area contributed by atoms with Crippen LogP contribution in [0.4, 0.5) is 0 Å². The van der Waals surface area contributed by atoms with Gasteiger partial charge in [-0.3, -0.25) is 9.59 Å². The Labute approximate surface area is 193 Å². The second kappa shape index (κ2) is 8.94. The molecule has 33 heavy (non-hydrogen) atoms. The van der Waals surface area contributed by atoms with Crippen molar-refractivity contribution in [2.75, 3.05) is 13.1 Å². The molecule has 0 saturated carbocycles. The number of hydrogen-bond acceptors (Lipinski definition) is 2. The molecule has 166 valence electrons. The summed E-state index contributed by atoms with van der Waals surface area (Å²) in [6.07, 6.45) is 2.88. The van der Waals surface area contributed by atoms with Crippen LogP contribution in [0, 0.1) is 0 Å². The molecule has 3 aromatic carbocycles. The molecule has 2 amide bonds. The van der Waals surface area contributed by atoms with Gasteiger partial charge >= 0.3 is 0 Å². The van der Waals surface area contributed by atoms with Crippen molar-refractivity contribution < 1.29 is 9.59 Å². The number of nitrogens with one attached hydrogen (secondary N) is 3. The van der Waals surface area contributed by atoms with Crippen LogP contribution in [0.5, 0.6) is 0 Å². The fourth-order valence-corrected chi connectivity index (χ4v) is 4.92. The summed E-state index contributed by atoms with van der Waals surface area (Å²) in [6, 6.07) is 28.3. The average molecular weight is 438 g/mol. The van der Waals surface area contributed by atoms with E-state index in [1.807, 2.05) is 66.9 Å². The zero-order valence-corrected chi connectivity index (χ0v) is 18.4. The summed E-state index contributed by atoms with van der Waals surface area (Å²) < 4.78 is 0. The topological polar surface area (TPSA) is 74.0 Å². The van der Waals surface area contributed by atoms with Gasteiger partial charge in [-0.15, -0.1) is 0 Å². The first kappa shape index (κ1) is 21.0. The summed E-state index contributed by atoms with van der Waals surface area (Å²) in [5.41, 5.74) is 3.55. The molecule has 0 radical (unpaired) electrons. The van der Waals surface area contributed by atoms with E-state index < -0.39 is 5.41 Å². The third-order valence-electron chi connectivity index (χ3n) is 6.79. The molecule has 5 rings (SSSR count). The summed E-state index contributed by atoms with van der Waals surface area (Å²) in [7, 11) is 0. The molecule has 1 saturated heterocycles. The lowest BCUT2D eigenvalue weighted by Crippen LogP contribution is -2.55. The van der Waals surface area contributed by atoms with Gasteiger partial charge in [0.05, 0.1) is 5.41 Å². The number of aromatic amines is 1. The van der Waals surface area contributed by atoms with Gasteiger partial charge in [0.15, 0.2) is 0 Å². The largest absolute Gasteiger partial charge is 0.361 e. The zero-order valence-electron chi connectivity index (χ0n) is 18.4. The SMILES string of the molecule is O=C1CCC(C(=O)NCC(c2ccccc2)c2c[nH]c3ccccc23)(c2ccccc2)CN1. The Bertz CT molecular complexity index is 1250. The number of benzene rings is 3. The molecular formula is C28H27N3O2. The summed E-state index contributed by atoms with van der Waals surface area (Å²) in [4.78, 5) is 29.0. The molecule has 2 atom stereocenters. The molecule has 2 heterocycles. The smallest absolute Gasteiger partial charge is 0.232 e. The van der Waals surface area contributed by atoms with Gasteiger partial charge in [-0.2, -0.15) is 0 Å². The van der Waals surface area contributed by atoms with E-state index in [1.54, 1.807) is 0 Å². The fraction of sp³-hybridized carbons (Fsp3) is 0.214. The second-order valence-electron chi connectivity index (χ2n) is 8.69. The number of carbonyl (C=O) groups is 2. The van der Waals surface area contributed by atoms with E-state index in [-0.39, 0.29) is 17.7 Å². The minimum Gasteiger partial charge on any atom is -0.361 e. The number of fused-ring (bicyclic) bond motifs is 1. The molecule has 1 aliphatic heterocycles.